The Morgan fingerprint density at radius 1 is 1.27 bits per heavy atom. The van der Waals surface area contributed by atoms with E-state index in [2.05, 4.69) is 40.2 Å². The van der Waals surface area contributed by atoms with Crippen molar-refractivity contribution < 1.29 is 9.53 Å². The number of aryl methyl sites for hydroxylation is 1. The minimum atomic E-state index is -0.318. The fraction of sp³-hybridized carbons (Fsp3) is 0.412. The van der Waals surface area contributed by atoms with Crippen LogP contribution in [0.15, 0.2) is 24.4 Å². The van der Waals surface area contributed by atoms with E-state index in [-0.39, 0.29) is 5.60 Å². The van der Waals surface area contributed by atoms with Gasteiger partial charge in [-0.05, 0) is 44.9 Å². The first kappa shape index (κ1) is 16.6. The number of nitrogens with zero attached hydrogens (tertiary/aromatic N) is 1. The molecule has 1 aliphatic heterocycles. The molecule has 2 aromatic rings. The van der Waals surface area contributed by atoms with E-state index in [0.717, 1.165) is 18.1 Å². The van der Waals surface area contributed by atoms with Crippen LogP contribution in [0.4, 0.5) is 0 Å². The summed E-state index contributed by atoms with van der Waals surface area (Å²) in [6, 6.07) is 6.64. The molecule has 1 aliphatic rings. The molecule has 0 bridgehead atoms. The lowest BCUT2D eigenvalue weighted by molar-refractivity contribution is -0.138. The molecule has 3 rings (SSSR count). The van der Waals surface area contributed by atoms with Gasteiger partial charge in [0.1, 0.15) is 10.6 Å². The third-order valence-electron chi connectivity index (χ3n) is 3.11. The van der Waals surface area contributed by atoms with Crippen molar-refractivity contribution in [3.63, 3.8) is 0 Å². The molecule has 0 aliphatic carbocycles. The molecule has 0 saturated carbocycles. The van der Waals surface area contributed by atoms with Crippen molar-refractivity contribution in [3.05, 3.63) is 40.4 Å². The van der Waals surface area contributed by atoms with Crippen LogP contribution < -0.4 is 5.32 Å². The van der Waals surface area contributed by atoms with Gasteiger partial charge < -0.3 is 10.1 Å². The van der Waals surface area contributed by atoms with Crippen LogP contribution in [0.25, 0.3) is 10.6 Å². The van der Waals surface area contributed by atoms with Gasteiger partial charge in [0.2, 0.25) is 0 Å². The molecule has 22 heavy (non-hydrogen) atoms. The Labute approximate surface area is 135 Å². The zero-order valence-electron chi connectivity index (χ0n) is 13.5. The molecule has 0 amide bonds. The van der Waals surface area contributed by atoms with Gasteiger partial charge in [-0.15, -0.1) is 11.3 Å². The SMILES string of the molecule is CC(C)(C)OC=O.Cc1cnc(-c2ccc3c(c2)CNC3)s1. The fourth-order valence-electron chi connectivity index (χ4n) is 2.06. The van der Waals surface area contributed by atoms with Gasteiger partial charge in [0, 0.05) is 29.7 Å². The predicted molar refractivity (Wildman–Crippen MR) is 89.7 cm³/mol. The van der Waals surface area contributed by atoms with E-state index in [0.29, 0.717) is 6.47 Å². The Hall–Kier alpha value is -1.72. The third kappa shape index (κ3) is 4.64. The Balaban J connectivity index is 0.000000217. The molecule has 0 atom stereocenters. The number of rotatable bonds is 2. The van der Waals surface area contributed by atoms with E-state index < -0.39 is 0 Å². The van der Waals surface area contributed by atoms with Crippen molar-refractivity contribution in [1.82, 2.24) is 10.3 Å². The average Bonchev–Trinajstić information content (AvgIpc) is 3.05. The fourth-order valence-corrected chi connectivity index (χ4v) is 2.82. The van der Waals surface area contributed by atoms with Crippen LogP contribution in [0.3, 0.4) is 0 Å². The van der Waals surface area contributed by atoms with Gasteiger partial charge in [-0.1, -0.05) is 12.1 Å². The van der Waals surface area contributed by atoms with E-state index in [9.17, 15) is 4.79 Å². The Bertz CT molecular complexity index is 644. The smallest absolute Gasteiger partial charge is 0.293 e. The molecule has 118 valence electrons. The Morgan fingerprint density at radius 3 is 2.55 bits per heavy atom. The van der Waals surface area contributed by atoms with Crippen molar-refractivity contribution >= 4 is 17.8 Å². The summed E-state index contributed by atoms with van der Waals surface area (Å²) < 4.78 is 4.55. The van der Waals surface area contributed by atoms with Crippen LogP contribution in [-0.2, 0) is 22.6 Å². The highest BCUT2D eigenvalue weighted by Crippen LogP contribution is 2.27. The van der Waals surface area contributed by atoms with Crippen LogP contribution in [0, 0.1) is 6.92 Å². The summed E-state index contributed by atoms with van der Waals surface area (Å²) in [6.45, 7) is 10.0. The molecule has 1 aromatic carbocycles. The molecule has 0 saturated heterocycles. The largest absolute Gasteiger partial charge is 0.462 e. The molecule has 0 unspecified atom stereocenters. The highest BCUT2D eigenvalue weighted by Gasteiger charge is 2.11. The Kier molecular flexibility index (Phi) is 5.32. The summed E-state index contributed by atoms with van der Waals surface area (Å²) in [7, 11) is 0. The quantitative estimate of drug-likeness (QED) is 0.858. The van der Waals surface area contributed by atoms with Crippen LogP contribution in [0.5, 0.6) is 0 Å². The van der Waals surface area contributed by atoms with E-state index >= 15 is 0 Å². The van der Waals surface area contributed by atoms with E-state index in [4.69, 9.17) is 0 Å². The van der Waals surface area contributed by atoms with Gasteiger partial charge in [0.05, 0.1) is 0 Å². The van der Waals surface area contributed by atoms with Gasteiger partial charge >= 0.3 is 0 Å². The summed E-state index contributed by atoms with van der Waals surface area (Å²) in [6.07, 6.45) is 1.94. The standard InChI is InChI=1S/C12H12N2S.C5H10O2/c1-8-5-14-12(15-8)9-2-3-10-6-13-7-11(10)4-9;1-5(2,3)7-4-6/h2-5,13H,6-7H2,1H3;4H,1-3H3. The highest BCUT2D eigenvalue weighted by molar-refractivity contribution is 7.14. The van der Waals surface area contributed by atoms with E-state index in [1.54, 1.807) is 11.3 Å². The highest BCUT2D eigenvalue weighted by atomic mass is 32.1. The lowest BCUT2D eigenvalue weighted by Crippen LogP contribution is -2.17. The van der Waals surface area contributed by atoms with Crippen molar-refractivity contribution in [3.8, 4) is 10.6 Å². The molecule has 0 spiro atoms. The number of hydrogen-bond acceptors (Lipinski definition) is 5. The molecular formula is C17H22N2O2S. The lowest BCUT2D eigenvalue weighted by Gasteiger charge is -2.14. The summed E-state index contributed by atoms with van der Waals surface area (Å²) in [5.74, 6) is 0. The zero-order chi connectivity index (χ0) is 16.2. The van der Waals surface area contributed by atoms with Crippen molar-refractivity contribution in [1.29, 1.82) is 0 Å². The minimum absolute atomic E-state index is 0.318. The summed E-state index contributed by atoms with van der Waals surface area (Å²) in [4.78, 5) is 15.3. The molecule has 5 heteroatoms. The number of ether oxygens (including phenoxy) is 1. The minimum Gasteiger partial charge on any atom is -0.462 e. The van der Waals surface area contributed by atoms with Gasteiger partial charge in [0.15, 0.2) is 0 Å². The predicted octanol–water partition coefficient (Wildman–Crippen LogP) is 3.68. The van der Waals surface area contributed by atoms with Crippen LogP contribution in [-0.4, -0.2) is 17.1 Å². The first-order valence-electron chi connectivity index (χ1n) is 7.26. The van der Waals surface area contributed by atoms with Gasteiger partial charge in [0.25, 0.3) is 6.47 Å². The monoisotopic (exact) mass is 318 g/mol. The first-order valence-corrected chi connectivity index (χ1v) is 8.07. The van der Waals surface area contributed by atoms with Gasteiger partial charge in [-0.25, -0.2) is 4.98 Å². The number of nitrogens with one attached hydrogen (secondary N) is 1. The molecule has 0 radical (unpaired) electrons. The maximum absolute atomic E-state index is 9.60. The van der Waals surface area contributed by atoms with Crippen molar-refractivity contribution in [2.24, 2.45) is 0 Å². The zero-order valence-corrected chi connectivity index (χ0v) is 14.3. The first-order chi connectivity index (χ1) is 10.4. The van der Waals surface area contributed by atoms with Crippen LogP contribution in [0.2, 0.25) is 0 Å². The normalized spacial score (nSPS) is 13.1. The summed E-state index contributed by atoms with van der Waals surface area (Å²) in [5.41, 5.74) is 3.77. The lowest BCUT2D eigenvalue weighted by atomic mass is 10.1. The van der Waals surface area contributed by atoms with Crippen molar-refractivity contribution in [2.45, 2.75) is 46.4 Å². The third-order valence-corrected chi connectivity index (χ3v) is 4.07. The summed E-state index contributed by atoms with van der Waals surface area (Å²) >= 11 is 1.75. The van der Waals surface area contributed by atoms with Crippen molar-refractivity contribution in [2.75, 3.05) is 0 Å². The van der Waals surface area contributed by atoms with Gasteiger partial charge in [-0.2, -0.15) is 0 Å². The number of hydrogen-bond donors (Lipinski definition) is 1. The summed E-state index contributed by atoms with van der Waals surface area (Å²) in [5, 5.41) is 4.48. The van der Waals surface area contributed by atoms with E-state index in [1.807, 2.05) is 27.0 Å². The van der Waals surface area contributed by atoms with Gasteiger partial charge in [-0.3, -0.25) is 4.79 Å². The number of thiazole rings is 1. The topological polar surface area (TPSA) is 51.2 Å². The molecular weight excluding hydrogens is 296 g/mol. The molecule has 4 nitrogen and oxygen atoms in total. The average molecular weight is 318 g/mol. The van der Waals surface area contributed by atoms with E-state index in [1.165, 1.54) is 21.6 Å². The second-order valence-corrected chi connectivity index (χ2v) is 7.42. The Morgan fingerprint density at radius 2 is 2.00 bits per heavy atom. The van der Waals surface area contributed by atoms with Crippen LogP contribution >= 0.6 is 11.3 Å². The second kappa shape index (κ2) is 7.03. The number of aromatic nitrogens is 1. The number of carbonyl (C=O) groups excluding carboxylic acids is 1. The molecule has 2 heterocycles. The maximum atomic E-state index is 9.60. The molecule has 1 aromatic heterocycles. The number of fused-ring (bicyclic) bond motifs is 1. The maximum Gasteiger partial charge on any atom is 0.293 e. The van der Waals surface area contributed by atoms with Crippen LogP contribution in [0.1, 0.15) is 36.8 Å². The number of benzene rings is 1. The second-order valence-electron chi connectivity index (χ2n) is 6.19. The molecule has 1 N–H and O–H groups in total. The molecule has 0 fully saturated rings. The number of carbonyl (C=O) groups is 1.